The van der Waals surface area contributed by atoms with Gasteiger partial charge in [0.05, 0.1) is 0 Å². The summed E-state index contributed by atoms with van der Waals surface area (Å²) >= 11 is 0. The van der Waals surface area contributed by atoms with E-state index in [0.717, 1.165) is 12.8 Å². The van der Waals surface area contributed by atoms with E-state index in [0.29, 0.717) is 5.30 Å². The first kappa shape index (κ1) is 11.6. The molecule has 0 aromatic heterocycles. The molecule has 2 atom stereocenters. The minimum Gasteiger partial charge on any atom is -0.207 e. The molecule has 0 spiro atoms. The van der Waals surface area contributed by atoms with Crippen LogP contribution in [0.3, 0.4) is 0 Å². The van der Waals surface area contributed by atoms with Gasteiger partial charge in [0.2, 0.25) is 0 Å². The lowest BCUT2D eigenvalue weighted by atomic mass is 9.95. The first-order valence-electron chi connectivity index (χ1n) is 4.81. The molecule has 0 radical (unpaired) electrons. The van der Waals surface area contributed by atoms with Crippen molar-refractivity contribution < 1.29 is 8.78 Å². The van der Waals surface area contributed by atoms with Gasteiger partial charge in [-0.2, -0.15) is 0 Å². The van der Waals surface area contributed by atoms with E-state index < -0.39 is 11.6 Å². The van der Waals surface area contributed by atoms with Gasteiger partial charge in [-0.1, -0.05) is 20.3 Å². The van der Waals surface area contributed by atoms with Gasteiger partial charge in [0.15, 0.2) is 0 Å². The normalized spacial score (nSPS) is 12.9. The first-order chi connectivity index (χ1) is 6.57. The molecule has 1 rings (SSSR count). The van der Waals surface area contributed by atoms with Crippen LogP contribution in [0.25, 0.3) is 0 Å². The van der Waals surface area contributed by atoms with Crippen molar-refractivity contribution in [3.63, 3.8) is 0 Å². The third-order valence-electron chi connectivity index (χ3n) is 2.37. The Morgan fingerprint density at radius 3 is 2.57 bits per heavy atom. The topological polar surface area (TPSA) is 0 Å². The molecule has 0 aliphatic carbocycles. The summed E-state index contributed by atoms with van der Waals surface area (Å²) in [6.07, 6.45) is 1.74. The predicted molar refractivity (Wildman–Crippen MR) is 59.0 cm³/mol. The van der Waals surface area contributed by atoms with Gasteiger partial charge in [-0.3, -0.25) is 0 Å². The van der Waals surface area contributed by atoms with Crippen molar-refractivity contribution in [1.29, 1.82) is 0 Å². The molecule has 0 amide bonds. The smallest absolute Gasteiger partial charge is 0.136 e. The Kier molecular flexibility index (Phi) is 4.00. The van der Waals surface area contributed by atoms with E-state index in [2.05, 4.69) is 9.24 Å². The quantitative estimate of drug-likeness (QED) is 0.679. The summed E-state index contributed by atoms with van der Waals surface area (Å²) in [7, 11) is 2.28. The second kappa shape index (κ2) is 4.84. The number of halogens is 2. The molecule has 14 heavy (non-hydrogen) atoms. The maximum Gasteiger partial charge on any atom is 0.136 e. The molecule has 78 valence electrons. The van der Waals surface area contributed by atoms with Crippen LogP contribution >= 0.6 is 9.24 Å². The van der Waals surface area contributed by atoms with Crippen LogP contribution in [-0.4, -0.2) is 0 Å². The summed E-state index contributed by atoms with van der Waals surface area (Å²) in [5.74, 6) is -0.911. The van der Waals surface area contributed by atoms with Gasteiger partial charge in [0, 0.05) is 10.9 Å². The molecule has 0 fully saturated rings. The average Bonchev–Trinajstić information content (AvgIpc) is 2.13. The fraction of sp³-hybridized carbons (Fsp3) is 0.455. The van der Waals surface area contributed by atoms with E-state index in [-0.39, 0.29) is 11.5 Å². The van der Waals surface area contributed by atoms with Crippen LogP contribution in [0, 0.1) is 11.6 Å². The molecule has 3 heteroatoms. The Morgan fingerprint density at radius 1 is 1.36 bits per heavy atom. The van der Waals surface area contributed by atoms with Crippen LogP contribution in [-0.2, 0) is 0 Å². The van der Waals surface area contributed by atoms with Crippen molar-refractivity contribution in [1.82, 2.24) is 0 Å². The van der Waals surface area contributed by atoms with E-state index in [4.69, 9.17) is 0 Å². The summed E-state index contributed by atoms with van der Waals surface area (Å²) in [5.41, 5.74) is 0.222. The third kappa shape index (κ3) is 2.30. The number of hydrogen-bond donors (Lipinski definition) is 0. The van der Waals surface area contributed by atoms with Gasteiger partial charge in [-0.15, -0.1) is 9.24 Å². The summed E-state index contributed by atoms with van der Waals surface area (Å²) < 4.78 is 26.9. The van der Waals surface area contributed by atoms with Gasteiger partial charge in [0.25, 0.3) is 0 Å². The molecule has 0 nitrogen and oxygen atoms in total. The second-order valence-electron chi connectivity index (χ2n) is 3.55. The molecule has 0 N–H and O–H groups in total. The van der Waals surface area contributed by atoms with Crippen molar-refractivity contribution in [2.75, 3.05) is 0 Å². The van der Waals surface area contributed by atoms with Crippen LogP contribution < -0.4 is 5.30 Å². The number of hydrogen-bond acceptors (Lipinski definition) is 0. The lowest BCUT2D eigenvalue weighted by molar-refractivity contribution is 0.523. The fourth-order valence-corrected chi connectivity index (χ4v) is 1.87. The molecule has 1 aromatic carbocycles. The zero-order valence-corrected chi connectivity index (χ0v) is 9.63. The van der Waals surface area contributed by atoms with Gasteiger partial charge >= 0.3 is 0 Å². The highest BCUT2D eigenvalue weighted by Crippen LogP contribution is 2.25. The number of rotatable bonds is 3. The zero-order valence-electron chi connectivity index (χ0n) is 8.48. The van der Waals surface area contributed by atoms with E-state index >= 15 is 0 Å². The van der Waals surface area contributed by atoms with Gasteiger partial charge in [0.1, 0.15) is 11.6 Å². The molecule has 0 heterocycles. The molecule has 0 saturated carbocycles. The largest absolute Gasteiger partial charge is 0.207 e. The summed E-state index contributed by atoms with van der Waals surface area (Å²) in [5, 5.41) is 0.435. The molecule has 2 unspecified atom stereocenters. The fourth-order valence-electron chi connectivity index (χ4n) is 1.62. The zero-order chi connectivity index (χ0) is 10.7. The van der Waals surface area contributed by atoms with Crippen molar-refractivity contribution in [2.24, 2.45) is 0 Å². The summed E-state index contributed by atoms with van der Waals surface area (Å²) in [6, 6.07) is 2.77. The minimum absolute atomic E-state index is 0.0551. The molecule has 0 bridgehead atoms. The van der Waals surface area contributed by atoms with Crippen molar-refractivity contribution in [3.05, 3.63) is 29.3 Å². The van der Waals surface area contributed by atoms with Crippen LogP contribution in [0.4, 0.5) is 8.78 Å². The van der Waals surface area contributed by atoms with E-state index in [1.807, 2.05) is 13.8 Å². The molecular formula is C11H15F2P. The van der Waals surface area contributed by atoms with Crippen LogP contribution in [0.5, 0.6) is 0 Å². The Morgan fingerprint density at radius 2 is 2.00 bits per heavy atom. The predicted octanol–water partition coefficient (Wildman–Crippen LogP) is 3.37. The number of benzene rings is 1. The lowest BCUT2D eigenvalue weighted by Crippen LogP contribution is -2.09. The summed E-state index contributed by atoms with van der Waals surface area (Å²) in [6.45, 7) is 3.87. The van der Waals surface area contributed by atoms with Gasteiger partial charge in [-0.05, 0) is 24.5 Å². The lowest BCUT2D eigenvalue weighted by Gasteiger charge is -2.13. The van der Waals surface area contributed by atoms with E-state index in [9.17, 15) is 8.78 Å². The Labute approximate surface area is 85.9 Å². The highest BCUT2D eigenvalue weighted by molar-refractivity contribution is 7.27. The molecule has 0 aliphatic heterocycles. The second-order valence-corrected chi connectivity index (χ2v) is 4.18. The Balaban J connectivity index is 3.11. The Bertz CT molecular complexity index is 323. The molecule has 0 saturated heterocycles. The standard InChI is InChI=1S/C11H15F2P/c1-3-4-7(2)10-8(12)5-6-9(14)11(10)13/h5-7H,3-4,14H2,1-2H3. The minimum atomic E-state index is -0.436. The Hall–Kier alpha value is -0.490. The first-order valence-corrected chi connectivity index (χ1v) is 5.39. The SMILES string of the molecule is CCCC(C)c1c(F)ccc(P)c1F. The maximum absolute atomic E-state index is 13.6. The van der Waals surface area contributed by atoms with Gasteiger partial charge < -0.3 is 0 Å². The van der Waals surface area contributed by atoms with Crippen molar-refractivity contribution in [3.8, 4) is 0 Å². The highest BCUT2D eigenvalue weighted by Gasteiger charge is 2.16. The van der Waals surface area contributed by atoms with Crippen molar-refractivity contribution in [2.45, 2.75) is 32.6 Å². The van der Waals surface area contributed by atoms with Crippen LogP contribution in [0.15, 0.2) is 12.1 Å². The van der Waals surface area contributed by atoms with E-state index in [1.54, 1.807) is 0 Å². The van der Waals surface area contributed by atoms with E-state index in [1.165, 1.54) is 12.1 Å². The monoisotopic (exact) mass is 216 g/mol. The average molecular weight is 216 g/mol. The molecule has 1 aromatic rings. The van der Waals surface area contributed by atoms with Crippen LogP contribution in [0.1, 0.15) is 38.2 Å². The third-order valence-corrected chi connectivity index (χ3v) is 2.82. The van der Waals surface area contributed by atoms with Gasteiger partial charge in [-0.25, -0.2) is 8.78 Å². The highest BCUT2D eigenvalue weighted by atomic mass is 31.0. The maximum atomic E-state index is 13.6. The summed E-state index contributed by atoms with van der Waals surface area (Å²) in [4.78, 5) is 0. The van der Waals surface area contributed by atoms with Crippen LogP contribution in [0.2, 0.25) is 0 Å². The molecule has 0 aliphatic rings. The molecular weight excluding hydrogens is 201 g/mol. The van der Waals surface area contributed by atoms with Crippen molar-refractivity contribution >= 4 is 14.5 Å².